The van der Waals surface area contributed by atoms with Crippen LogP contribution in [0, 0.1) is 24.2 Å². The van der Waals surface area contributed by atoms with Gasteiger partial charge in [-0.1, -0.05) is 18.2 Å². The molecule has 3 heterocycles. The van der Waals surface area contributed by atoms with E-state index in [1.807, 2.05) is 19.1 Å². The van der Waals surface area contributed by atoms with Gasteiger partial charge in [0.1, 0.15) is 23.2 Å². The maximum Gasteiger partial charge on any atom is 0.269 e. The smallest absolute Gasteiger partial charge is 0.269 e. The number of nitrogens with two attached hydrogens (primary N) is 2. The van der Waals surface area contributed by atoms with Gasteiger partial charge < -0.3 is 21.8 Å². The van der Waals surface area contributed by atoms with Crippen LogP contribution in [0.4, 0.5) is 5.82 Å². The third-order valence-corrected chi connectivity index (χ3v) is 6.94. The summed E-state index contributed by atoms with van der Waals surface area (Å²) in [5, 5.41) is 12.3. The highest BCUT2D eigenvalue weighted by Crippen LogP contribution is 2.36. The van der Waals surface area contributed by atoms with Crippen LogP contribution in [0.1, 0.15) is 64.0 Å². The molecule has 1 aliphatic carbocycles. The molecule has 1 aliphatic heterocycles. The number of nitrogens with one attached hydrogen (secondary N) is 1. The average molecular weight is 525 g/mol. The zero-order chi connectivity index (χ0) is 27.7. The van der Waals surface area contributed by atoms with Crippen LogP contribution in [0.2, 0.25) is 0 Å². The number of benzene rings is 1. The van der Waals surface area contributed by atoms with Gasteiger partial charge >= 0.3 is 0 Å². The maximum atomic E-state index is 13.2. The maximum absolute atomic E-state index is 13.2. The van der Waals surface area contributed by atoms with Crippen LogP contribution in [0.3, 0.4) is 0 Å². The topological polar surface area (TPSA) is 173 Å². The van der Waals surface area contributed by atoms with Crippen LogP contribution in [-0.4, -0.2) is 43.8 Å². The fourth-order valence-corrected chi connectivity index (χ4v) is 4.78. The van der Waals surface area contributed by atoms with Crippen molar-refractivity contribution in [2.75, 3.05) is 17.7 Å². The predicted molar refractivity (Wildman–Crippen MR) is 143 cm³/mol. The van der Waals surface area contributed by atoms with Crippen LogP contribution >= 0.6 is 0 Å². The first kappa shape index (κ1) is 25.7. The molecular weight excluding hydrogens is 496 g/mol. The minimum absolute atomic E-state index is 0.0144. The van der Waals surface area contributed by atoms with Crippen molar-refractivity contribution >= 4 is 23.5 Å². The predicted octanol–water partition coefficient (Wildman–Crippen LogP) is 2.84. The van der Waals surface area contributed by atoms with Crippen molar-refractivity contribution in [2.45, 2.75) is 38.6 Å². The van der Waals surface area contributed by atoms with Crippen LogP contribution in [0.5, 0.6) is 0 Å². The molecule has 1 saturated heterocycles. The number of carbonyl (C=O) groups is 3. The molecule has 5 rings (SSSR count). The first-order valence-corrected chi connectivity index (χ1v) is 12.7. The van der Waals surface area contributed by atoms with Crippen LogP contribution in [-0.2, 0) is 4.79 Å². The van der Waals surface area contributed by atoms with E-state index in [1.165, 1.54) is 0 Å². The normalized spacial score (nSPS) is 17.1. The zero-order valence-electron chi connectivity index (χ0n) is 21.4. The molecule has 0 spiro atoms. The number of aryl methyl sites for hydroxylation is 1. The number of aromatic nitrogens is 3. The Morgan fingerprint density at radius 1 is 1.15 bits per heavy atom. The molecule has 1 atom stereocenters. The first-order valence-electron chi connectivity index (χ1n) is 12.7. The van der Waals surface area contributed by atoms with E-state index in [0.29, 0.717) is 42.2 Å². The lowest BCUT2D eigenvalue weighted by atomic mass is 10.1. The Labute approximate surface area is 225 Å². The van der Waals surface area contributed by atoms with Crippen molar-refractivity contribution in [3.63, 3.8) is 0 Å². The number of nitriles is 1. The Morgan fingerprint density at radius 2 is 1.90 bits per heavy atom. The Kier molecular flexibility index (Phi) is 6.85. The fourth-order valence-electron chi connectivity index (χ4n) is 4.78. The third kappa shape index (κ3) is 5.22. The van der Waals surface area contributed by atoms with Gasteiger partial charge in [-0.3, -0.25) is 14.4 Å². The summed E-state index contributed by atoms with van der Waals surface area (Å²) in [5.41, 5.74) is 7.91. The Balaban J connectivity index is 1.43. The number of imidazole rings is 1. The molecular formula is C28H28N8O3. The molecule has 0 radical (unpaired) electrons. The number of pyridine rings is 1. The molecule has 11 heteroatoms. The molecule has 1 aromatic carbocycles. The van der Waals surface area contributed by atoms with Gasteiger partial charge in [0.2, 0.25) is 0 Å². The molecule has 2 aromatic heterocycles. The van der Waals surface area contributed by atoms with Gasteiger partial charge in [0.05, 0.1) is 6.04 Å². The van der Waals surface area contributed by atoms with Gasteiger partial charge in [-0.2, -0.15) is 5.26 Å². The highest BCUT2D eigenvalue weighted by Gasteiger charge is 2.37. The second-order valence-corrected chi connectivity index (χ2v) is 9.84. The molecule has 39 heavy (non-hydrogen) atoms. The van der Waals surface area contributed by atoms with Crippen LogP contribution in [0.15, 0.2) is 54.2 Å². The van der Waals surface area contributed by atoms with E-state index >= 15 is 0 Å². The van der Waals surface area contributed by atoms with E-state index in [9.17, 15) is 19.6 Å². The number of amides is 3. The quantitative estimate of drug-likeness (QED) is 0.242. The summed E-state index contributed by atoms with van der Waals surface area (Å²) < 4.78 is 1.13. The van der Waals surface area contributed by atoms with Gasteiger partial charge in [0.25, 0.3) is 17.7 Å². The highest BCUT2D eigenvalue weighted by molar-refractivity contribution is 6.04. The molecule has 5 N–H and O–H groups in total. The van der Waals surface area contributed by atoms with Crippen LogP contribution in [0.25, 0.3) is 11.3 Å². The minimum Gasteiger partial charge on any atom is -0.364 e. The second kappa shape index (κ2) is 10.4. The van der Waals surface area contributed by atoms with Gasteiger partial charge in [0, 0.05) is 23.9 Å². The van der Waals surface area contributed by atoms with Crippen molar-refractivity contribution in [1.82, 2.24) is 19.5 Å². The Morgan fingerprint density at radius 3 is 2.54 bits per heavy atom. The van der Waals surface area contributed by atoms with Gasteiger partial charge in [-0.05, 0) is 68.4 Å². The summed E-state index contributed by atoms with van der Waals surface area (Å²) >= 11 is 0. The van der Waals surface area contributed by atoms with E-state index in [-0.39, 0.29) is 34.7 Å². The van der Waals surface area contributed by atoms with E-state index in [4.69, 9.17) is 11.6 Å². The number of nitrogens with zero attached hydrogens (tertiary/aromatic N) is 5. The van der Waals surface area contributed by atoms with E-state index in [1.54, 1.807) is 47.5 Å². The van der Waals surface area contributed by atoms with E-state index < -0.39 is 11.9 Å². The molecule has 3 amide bonds. The average Bonchev–Trinajstić information content (AvgIpc) is 3.49. The monoisotopic (exact) mass is 524 g/mol. The standard InChI is InChI=1S/C28H28N8O3/c1-16-10-11-32-22(13-16)33-27(38)19-8-6-18(7-9-19)23-24(25(30)37)36(31)26(34-23)21-3-2-12-35(21)28(39)20(15-29)14-17-4-5-17/h6-11,13-14,17,21H,2-5,12,31H2,1H3,(H2,30,37)(H,32,33,38)/b20-14+. The Bertz CT molecular complexity index is 1530. The molecule has 2 fully saturated rings. The number of likely N-dealkylation sites (tertiary alicyclic amines) is 1. The molecule has 1 unspecified atom stereocenters. The largest absolute Gasteiger partial charge is 0.364 e. The Hall–Kier alpha value is -4.98. The SMILES string of the molecule is Cc1ccnc(NC(=O)c2ccc(-c3nc(C4CCCN4C(=O)/C(C#N)=C/C4CC4)n(N)c3C(N)=O)cc2)c1. The number of hydrogen-bond acceptors (Lipinski definition) is 7. The number of hydrogen-bond donors (Lipinski definition) is 3. The molecule has 198 valence electrons. The number of anilines is 1. The van der Waals surface area contributed by atoms with Crippen molar-refractivity contribution in [1.29, 1.82) is 5.26 Å². The molecule has 2 aliphatic rings. The van der Waals surface area contributed by atoms with Crippen LogP contribution < -0.4 is 16.9 Å². The first-order chi connectivity index (χ1) is 18.8. The van der Waals surface area contributed by atoms with Gasteiger partial charge in [-0.15, -0.1) is 0 Å². The summed E-state index contributed by atoms with van der Waals surface area (Å²) in [4.78, 5) is 48.7. The number of allylic oxidation sites excluding steroid dienone is 1. The molecule has 3 aromatic rings. The minimum atomic E-state index is -0.777. The zero-order valence-corrected chi connectivity index (χ0v) is 21.4. The molecule has 1 saturated carbocycles. The van der Waals surface area contributed by atoms with Crippen molar-refractivity contribution in [3.8, 4) is 17.3 Å². The number of rotatable bonds is 7. The van der Waals surface area contributed by atoms with E-state index in [2.05, 4.69) is 15.3 Å². The number of primary amides is 1. The second-order valence-electron chi connectivity index (χ2n) is 9.84. The molecule has 11 nitrogen and oxygen atoms in total. The van der Waals surface area contributed by atoms with Crippen molar-refractivity contribution in [2.24, 2.45) is 11.7 Å². The lowest BCUT2D eigenvalue weighted by molar-refractivity contribution is -0.127. The highest BCUT2D eigenvalue weighted by atomic mass is 16.2. The third-order valence-electron chi connectivity index (χ3n) is 6.94. The lowest BCUT2D eigenvalue weighted by Gasteiger charge is -2.24. The summed E-state index contributed by atoms with van der Waals surface area (Å²) in [6.07, 6.45) is 6.58. The summed E-state index contributed by atoms with van der Waals surface area (Å²) in [6.45, 7) is 2.35. The van der Waals surface area contributed by atoms with Gasteiger partial charge in [0.15, 0.2) is 11.5 Å². The number of nitrogen functional groups attached to an aromatic ring is 1. The molecule has 0 bridgehead atoms. The summed E-state index contributed by atoms with van der Waals surface area (Å²) in [6, 6.07) is 11.6. The summed E-state index contributed by atoms with van der Waals surface area (Å²) in [5.74, 6) is 5.86. The van der Waals surface area contributed by atoms with Gasteiger partial charge in [-0.25, -0.2) is 14.6 Å². The van der Waals surface area contributed by atoms with Crippen molar-refractivity contribution in [3.05, 3.63) is 76.9 Å². The number of carbonyl (C=O) groups excluding carboxylic acids is 3. The van der Waals surface area contributed by atoms with E-state index in [0.717, 1.165) is 23.1 Å². The van der Waals surface area contributed by atoms with Crippen molar-refractivity contribution < 1.29 is 14.4 Å². The fraction of sp³-hybridized carbons (Fsp3) is 0.286. The summed E-state index contributed by atoms with van der Waals surface area (Å²) in [7, 11) is 0. The lowest BCUT2D eigenvalue weighted by Crippen LogP contribution is -2.34.